The van der Waals surface area contributed by atoms with E-state index in [9.17, 15) is 18.0 Å². The summed E-state index contributed by atoms with van der Waals surface area (Å²) >= 11 is 0. The summed E-state index contributed by atoms with van der Waals surface area (Å²) in [6.45, 7) is 1.10. The molecule has 4 nitrogen and oxygen atoms in total. The zero-order chi connectivity index (χ0) is 14.0. The van der Waals surface area contributed by atoms with Gasteiger partial charge in [0.05, 0.1) is 12.7 Å². The molecule has 1 atom stereocenters. The van der Waals surface area contributed by atoms with Crippen LogP contribution in [0.15, 0.2) is 12.1 Å². The number of carbonyl (C=O) groups excluding carboxylic acids is 1. The van der Waals surface area contributed by atoms with E-state index >= 15 is 0 Å². The van der Waals surface area contributed by atoms with Crippen molar-refractivity contribution in [3.8, 4) is 0 Å². The smallest absolute Gasteiger partial charge is 0.254 e. The molecule has 104 valence electrons. The third kappa shape index (κ3) is 2.87. The Morgan fingerprint density at radius 1 is 1.37 bits per heavy atom. The second-order valence-corrected chi connectivity index (χ2v) is 4.23. The molecule has 0 bridgehead atoms. The van der Waals surface area contributed by atoms with Crippen molar-refractivity contribution in [3.05, 3.63) is 35.1 Å². The Hall–Kier alpha value is -1.60. The molecule has 1 fully saturated rings. The molecule has 2 rings (SSSR count). The SMILES string of the molecule is NC[C@@H]1CN(C(=O)c2cc(F)c(F)c(F)c2)CCO1. The predicted molar refractivity (Wildman–Crippen MR) is 61.0 cm³/mol. The maximum Gasteiger partial charge on any atom is 0.254 e. The second-order valence-electron chi connectivity index (χ2n) is 4.23. The maximum atomic E-state index is 13.1. The number of benzene rings is 1. The van der Waals surface area contributed by atoms with Gasteiger partial charge in [-0.25, -0.2) is 13.2 Å². The molecule has 1 saturated heterocycles. The highest BCUT2D eigenvalue weighted by molar-refractivity contribution is 5.94. The number of rotatable bonds is 2. The number of amides is 1. The van der Waals surface area contributed by atoms with Crippen LogP contribution in [0.5, 0.6) is 0 Å². The van der Waals surface area contributed by atoms with Gasteiger partial charge in [0.25, 0.3) is 5.91 Å². The molecule has 0 saturated carbocycles. The number of nitrogens with zero attached hydrogens (tertiary/aromatic N) is 1. The second kappa shape index (κ2) is 5.58. The van der Waals surface area contributed by atoms with E-state index in [1.807, 2.05) is 0 Å². The number of nitrogens with two attached hydrogens (primary N) is 1. The van der Waals surface area contributed by atoms with Gasteiger partial charge in [-0.1, -0.05) is 0 Å². The van der Waals surface area contributed by atoms with Crippen molar-refractivity contribution in [2.75, 3.05) is 26.2 Å². The number of carbonyl (C=O) groups is 1. The first kappa shape index (κ1) is 13.8. The van der Waals surface area contributed by atoms with Gasteiger partial charge in [-0.2, -0.15) is 0 Å². The zero-order valence-electron chi connectivity index (χ0n) is 10.0. The van der Waals surface area contributed by atoms with Crippen LogP contribution >= 0.6 is 0 Å². The van der Waals surface area contributed by atoms with Crippen molar-refractivity contribution >= 4 is 5.91 Å². The molecular formula is C12H13F3N2O2. The van der Waals surface area contributed by atoms with Crippen LogP contribution in [0.4, 0.5) is 13.2 Å². The van der Waals surface area contributed by atoms with Crippen LogP contribution in [0.3, 0.4) is 0 Å². The van der Waals surface area contributed by atoms with Crippen molar-refractivity contribution in [3.63, 3.8) is 0 Å². The zero-order valence-corrected chi connectivity index (χ0v) is 10.0. The molecule has 1 aromatic carbocycles. The van der Waals surface area contributed by atoms with E-state index in [4.69, 9.17) is 10.5 Å². The standard InChI is InChI=1S/C12H13F3N2O2/c13-9-3-7(4-10(14)11(9)15)12(18)17-1-2-19-8(5-16)6-17/h3-4,8H,1-2,5-6,16H2/t8-/m1/s1. The normalized spacial score (nSPS) is 19.6. The minimum absolute atomic E-state index is 0.228. The van der Waals surface area contributed by atoms with Crippen LogP contribution in [0.2, 0.25) is 0 Å². The lowest BCUT2D eigenvalue weighted by atomic mass is 10.1. The van der Waals surface area contributed by atoms with Crippen LogP contribution in [0.1, 0.15) is 10.4 Å². The Labute approximate surface area is 107 Å². The fraction of sp³-hybridized carbons (Fsp3) is 0.417. The van der Waals surface area contributed by atoms with E-state index < -0.39 is 23.4 Å². The lowest BCUT2D eigenvalue weighted by Crippen LogP contribution is -2.48. The first-order chi connectivity index (χ1) is 9.02. The first-order valence-electron chi connectivity index (χ1n) is 5.78. The molecule has 0 spiro atoms. The summed E-state index contributed by atoms with van der Waals surface area (Å²) in [4.78, 5) is 13.4. The van der Waals surface area contributed by atoms with Gasteiger partial charge >= 0.3 is 0 Å². The minimum atomic E-state index is -1.58. The van der Waals surface area contributed by atoms with Gasteiger partial charge in [0, 0.05) is 25.2 Å². The van der Waals surface area contributed by atoms with E-state index in [1.54, 1.807) is 0 Å². The molecule has 1 aliphatic heterocycles. The van der Waals surface area contributed by atoms with E-state index in [2.05, 4.69) is 0 Å². The molecule has 0 unspecified atom stereocenters. The molecule has 7 heteroatoms. The van der Waals surface area contributed by atoms with Gasteiger partial charge in [-0.3, -0.25) is 4.79 Å². The number of halogens is 3. The fourth-order valence-electron chi connectivity index (χ4n) is 1.91. The Morgan fingerprint density at radius 2 is 2.00 bits per heavy atom. The van der Waals surface area contributed by atoms with E-state index in [0.717, 1.165) is 0 Å². The van der Waals surface area contributed by atoms with Crippen LogP contribution in [-0.4, -0.2) is 43.2 Å². The summed E-state index contributed by atoms with van der Waals surface area (Å²) in [5.74, 6) is -4.92. The van der Waals surface area contributed by atoms with Gasteiger partial charge in [0.1, 0.15) is 0 Å². The van der Waals surface area contributed by atoms with Crippen molar-refractivity contribution in [1.82, 2.24) is 4.90 Å². The highest BCUT2D eigenvalue weighted by Crippen LogP contribution is 2.16. The molecule has 0 radical (unpaired) electrons. The highest BCUT2D eigenvalue weighted by atomic mass is 19.2. The van der Waals surface area contributed by atoms with Crippen molar-refractivity contribution in [1.29, 1.82) is 0 Å². The van der Waals surface area contributed by atoms with Gasteiger partial charge in [-0.05, 0) is 12.1 Å². The Morgan fingerprint density at radius 3 is 2.58 bits per heavy atom. The number of ether oxygens (including phenoxy) is 1. The summed E-state index contributed by atoms with van der Waals surface area (Å²) in [6, 6.07) is 1.38. The number of morpholine rings is 1. The summed E-state index contributed by atoms with van der Waals surface area (Å²) in [5.41, 5.74) is 5.21. The van der Waals surface area contributed by atoms with Crippen molar-refractivity contribution < 1.29 is 22.7 Å². The molecular weight excluding hydrogens is 261 g/mol. The van der Waals surface area contributed by atoms with Crippen molar-refractivity contribution in [2.24, 2.45) is 5.73 Å². The Bertz CT molecular complexity index is 473. The topological polar surface area (TPSA) is 55.6 Å². The molecule has 0 aliphatic carbocycles. The van der Waals surface area contributed by atoms with E-state index in [0.29, 0.717) is 25.3 Å². The third-order valence-corrected chi connectivity index (χ3v) is 2.92. The van der Waals surface area contributed by atoms with Crippen LogP contribution in [0, 0.1) is 17.5 Å². The molecule has 2 N–H and O–H groups in total. The molecule has 19 heavy (non-hydrogen) atoms. The monoisotopic (exact) mass is 274 g/mol. The predicted octanol–water partition coefficient (Wildman–Crippen LogP) is 0.904. The average molecular weight is 274 g/mol. The quantitative estimate of drug-likeness (QED) is 0.815. The third-order valence-electron chi connectivity index (χ3n) is 2.92. The lowest BCUT2D eigenvalue weighted by Gasteiger charge is -2.32. The average Bonchev–Trinajstić information content (AvgIpc) is 2.43. The van der Waals surface area contributed by atoms with Crippen LogP contribution in [0.25, 0.3) is 0 Å². The van der Waals surface area contributed by atoms with Gasteiger partial charge in [0.15, 0.2) is 17.5 Å². The van der Waals surface area contributed by atoms with E-state index in [-0.39, 0.29) is 24.8 Å². The number of hydrogen-bond donors (Lipinski definition) is 1. The summed E-state index contributed by atoms with van der Waals surface area (Å²) in [5, 5.41) is 0. The fourth-order valence-corrected chi connectivity index (χ4v) is 1.91. The molecule has 1 amide bonds. The Balaban J connectivity index is 2.19. The first-order valence-corrected chi connectivity index (χ1v) is 5.78. The minimum Gasteiger partial charge on any atom is -0.373 e. The van der Waals surface area contributed by atoms with Gasteiger partial charge in [-0.15, -0.1) is 0 Å². The largest absolute Gasteiger partial charge is 0.373 e. The van der Waals surface area contributed by atoms with Gasteiger partial charge < -0.3 is 15.4 Å². The van der Waals surface area contributed by atoms with Crippen LogP contribution < -0.4 is 5.73 Å². The van der Waals surface area contributed by atoms with E-state index in [1.165, 1.54) is 4.90 Å². The van der Waals surface area contributed by atoms with Gasteiger partial charge in [0.2, 0.25) is 0 Å². The summed E-state index contributed by atoms with van der Waals surface area (Å²) < 4.78 is 44.3. The summed E-state index contributed by atoms with van der Waals surface area (Å²) in [7, 11) is 0. The molecule has 1 aliphatic rings. The molecule has 1 heterocycles. The number of hydrogen-bond acceptors (Lipinski definition) is 3. The Kier molecular flexibility index (Phi) is 4.06. The summed E-state index contributed by atoms with van der Waals surface area (Å²) in [6.07, 6.45) is -0.298. The molecule has 0 aromatic heterocycles. The molecule has 1 aromatic rings. The lowest BCUT2D eigenvalue weighted by molar-refractivity contribution is -0.0167. The highest BCUT2D eigenvalue weighted by Gasteiger charge is 2.25. The van der Waals surface area contributed by atoms with Crippen LogP contribution in [-0.2, 0) is 4.74 Å². The maximum absolute atomic E-state index is 13.1. The van der Waals surface area contributed by atoms with Crippen molar-refractivity contribution in [2.45, 2.75) is 6.10 Å².